The Bertz CT molecular complexity index is 1160. The second-order valence-electron chi connectivity index (χ2n) is 6.85. The van der Waals surface area contributed by atoms with Gasteiger partial charge in [0.15, 0.2) is 11.1 Å². The Kier molecular flexibility index (Phi) is 4.19. The van der Waals surface area contributed by atoms with Crippen LogP contribution in [0.3, 0.4) is 0 Å². The lowest BCUT2D eigenvalue weighted by atomic mass is 9.99. The lowest BCUT2D eigenvalue weighted by Gasteiger charge is -2.13. The molecule has 0 amide bonds. The number of fused-ring (bicyclic) bond motifs is 3. The Labute approximate surface area is 159 Å². The SMILES string of the molecule is CC(C)Cc1ccc(C(=O)O)cc1Nc1nc2c(ccc3[nH]c(N)nc32)s1. The van der Waals surface area contributed by atoms with Crippen LogP contribution in [0.2, 0.25) is 0 Å². The summed E-state index contributed by atoms with van der Waals surface area (Å²) in [5.74, 6) is -0.149. The zero-order valence-corrected chi connectivity index (χ0v) is 15.7. The van der Waals surface area contributed by atoms with Crippen molar-refractivity contribution in [2.24, 2.45) is 5.92 Å². The van der Waals surface area contributed by atoms with Crippen LogP contribution in [0.4, 0.5) is 16.8 Å². The number of nitrogens with two attached hydrogens (primary N) is 1. The van der Waals surface area contributed by atoms with E-state index in [0.717, 1.165) is 38.9 Å². The van der Waals surface area contributed by atoms with Gasteiger partial charge in [-0.3, -0.25) is 0 Å². The first-order chi connectivity index (χ1) is 12.9. The number of carboxylic acid groups (broad SMARTS) is 1. The maximum atomic E-state index is 11.4. The van der Waals surface area contributed by atoms with E-state index in [0.29, 0.717) is 17.0 Å². The van der Waals surface area contributed by atoms with Crippen molar-refractivity contribution >= 4 is 55.3 Å². The number of hydrogen-bond donors (Lipinski definition) is 4. The second-order valence-corrected chi connectivity index (χ2v) is 7.88. The highest BCUT2D eigenvalue weighted by Gasteiger charge is 2.14. The molecule has 0 saturated heterocycles. The third-order valence-electron chi connectivity index (χ3n) is 4.26. The van der Waals surface area contributed by atoms with E-state index in [-0.39, 0.29) is 5.56 Å². The van der Waals surface area contributed by atoms with Crippen LogP contribution < -0.4 is 11.1 Å². The summed E-state index contributed by atoms with van der Waals surface area (Å²) in [5.41, 5.74) is 10.2. The van der Waals surface area contributed by atoms with Crippen molar-refractivity contribution in [3.05, 3.63) is 41.5 Å². The van der Waals surface area contributed by atoms with Crippen LogP contribution in [-0.4, -0.2) is 26.0 Å². The molecule has 0 bridgehead atoms. The monoisotopic (exact) mass is 381 g/mol. The number of H-pyrrole nitrogens is 1. The van der Waals surface area contributed by atoms with Gasteiger partial charge in [-0.15, -0.1) is 0 Å². The van der Waals surface area contributed by atoms with E-state index >= 15 is 0 Å². The minimum Gasteiger partial charge on any atom is -0.478 e. The molecule has 0 saturated carbocycles. The molecule has 8 heteroatoms. The number of aromatic carboxylic acids is 1. The Morgan fingerprint density at radius 2 is 2.07 bits per heavy atom. The lowest BCUT2D eigenvalue weighted by Crippen LogP contribution is -2.03. The highest BCUT2D eigenvalue weighted by atomic mass is 32.1. The molecule has 0 fully saturated rings. The lowest BCUT2D eigenvalue weighted by molar-refractivity contribution is 0.0697. The van der Waals surface area contributed by atoms with Crippen molar-refractivity contribution in [1.82, 2.24) is 15.0 Å². The first-order valence-corrected chi connectivity index (χ1v) is 9.40. The number of aromatic amines is 1. The third-order valence-corrected chi connectivity index (χ3v) is 5.19. The molecule has 2 aromatic heterocycles. The summed E-state index contributed by atoms with van der Waals surface area (Å²) in [6, 6.07) is 9.07. The van der Waals surface area contributed by atoms with Crippen molar-refractivity contribution < 1.29 is 9.90 Å². The van der Waals surface area contributed by atoms with E-state index in [9.17, 15) is 9.90 Å². The number of benzene rings is 2. The topological polar surface area (TPSA) is 117 Å². The molecule has 0 atom stereocenters. The molecule has 7 nitrogen and oxygen atoms in total. The van der Waals surface area contributed by atoms with Crippen molar-refractivity contribution in [2.45, 2.75) is 20.3 Å². The van der Waals surface area contributed by atoms with Crippen molar-refractivity contribution in [3.8, 4) is 0 Å². The van der Waals surface area contributed by atoms with Crippen molar-refractivity contribution in [3.63, 3.8) is 0 Å². The molecule has 27 heavy (non-hydrogen) atoms. The molecule has 0 aliphatic rings. The minimum atomic E-state index is -0.952. The molecular formula is C19H19N5O2S. The summed E-state index contributed by atoms with van der Waals surface area (Å²) in [6.45, 7) is 4.26. The van der Waals surface area contributed by atoms with Gasteiger partial charge in [0.1, 0.15) is 11.0 Å². The van der Waals surface area contributed by atoms with Gasteiger partial charge in [0.25, 0.3) is 0 Å². The number of aromatic nitrogens is 3. The van der Waals surface area contributed by atoms with Gasteiger partial charge in [-0.25, -0.2) is 14.8 Å². The Balaban J connectivity index is 1.77. The van der Waals surface area contributed by atoms with Crippen LogP contribution >= 0.6 is 11.3 Å². The summed E-state index contributed by atoms with van der Waals surface area (Å²) in [6.07, 6.45) is 0.841. The molecule has 5 N–H and O–H groups in total. The standard InChI is InChI=1S/C19H19N5O2S/c1-9(2)7-10-3-4-11(17(25)26)8-13(10)22-19-24-16-14(27-19)6-5-12-15(16)23-18(20)21-12/h3-6,8-9H,7H2,1-2H3,(H,22,24)(H,25,26)(H3,20,21,23). The number of anilines is 3. The molecule has 2 heterocycles. The quantitative estimate of drug-likeness (QED) is 0.407. The predicted octanol–water partition coefficient (Wildman–Crippen LogP) is 4.40. The molecule has 0 aliphatic carbocycles. The fourth-order valence-corrected chi connectivity index (χ4v) is 3.97. The molecule has 0 unspecified atom stereocenters. The first-order valence-electron chi connectivity index (χ1n) is 8.58. The maximum absolute atomic E-state index is 11.4. The molecule has 138 valence electrons. The number of hydrogen-bond acceptors (Lipinski definition) is 6. The van der Waals surface area contributed by atoms with Crippen LogP contribution in [-0.2, 0) is 6.42 Å². The Hall–Kier alpha value is -3.13. The molecule has 0 radical (unpaired) electrons. The number of nitrogen functional groups attached to an aromatic ring is 1. The summed E-state index contributed by atoms with van der Waals surface area (Å²) in [5, 5.41) is 13.3. The zero-order chi connectivity index (χ0) is 19.1. The maximum Gasteiger partial charge on any atom is 0.335 e. The van der Waals surface area contributed by atoms with E-state index in [1.165, 1.54) is 11.3 Å². The largest absolute Gasteiger partial charge is 0.478 e. The molecule has 0 spiro atoms. The van der Waals surface area contributed by atoms with E-state index in [1.54, 1.807) is 12.1 Å². The summed E-state index contributed by atoms with van der Waals surface area (Å²) < 4.78 is 0.983. The number of nitrogens with one attached hydrogen (secondary N) is 2. The van der Waals surface area contributed by atoms with Crippen LogP contribution in [0.25, 0.3) is 21.3 Å². The van der Waals surface area contributed by atoms with E-state index in [4.69, 9.17) is 5.73 Å². The average molecular weight is 381 g/mol. The fourth-order valence-electron chi connectivity index (χ4n) is 3.09. The number of nitrogens with zero attached hydrogens (tertiary/aromatic N) is 2. The number of imidazole rings is 1. The van der Waals surface area contributed by atoms with E-state index in [1.807, 2.05) is 18.2 Å². The summed E-state index contributed by atoms with van der Waals surface area (Å²) in [4.78, 5) is 23.4. The van der Waals surface area contributed by atoms with Crippen LogP contribution in [0.15, 0.2) is 30.3 Å². The normalized spacial score (nSPS) is 11.5. The van der Waals surface area contributed by atoms with E-state index in [2.05, 4.69) is 34.1 Å². The first kappa shape index (κ1) is 17.3. The van der Waals surface area contributed by atoms with Crippen molar-refractivity contribution in [2.75, 3.05) is 11.1 Å². The van der Waals surface area contributed by atoms with Crippen molar-refractivity contribution in [1.29, 1.82) is 0 Å². The van der Waals surface area contributed by atoms with Crippen LogP contribution in [0.1, 0.15) is 29.8 Å². The van der Waals surface area contributed by atoms with E-state index < -0.39 is 5.97 Å². The van der Waals surface area contributed by atoms with Gasteiger partial charge in [0.05, 0.1) is 15.8 Å². The number of carboxylic acids is 1. The van der Waals surface area contributed by atoms with Gasteiger partial charge in [-0.05, 0) is 42.2 Å². The third kappa shape index (κ3) is 3.31. The second kappa shape index (κ2) is 6.55. The summed E-state index contributed by atoms with van der Waals surface area (Å²) in [7, 11) is 0. The molecule has 4 rings (SSSR count). The van der Waals surface area contributed by atoms with Gasteiger partial charge >= 0.3 is 5.97 Å². The number of carbonyl (C=O) groups is 1. The highest BCUT2D eigenvalue weighted by Crippen LogP contribution is 2.34. The Morgan fingerprint density at radius 1 is 1.26 bits per heavy atom. The Morgan fingerprint density at radius 3 is 2.81 bits per heavy atom. The van der Waals surface area contributed by atoms with Gasteiger partial charge in [-0.1, -0.05) is 31.3 Å². The van der Waals surface area contributed by atoms with Gasteiger partial charge in [0.2, 0.25) is 0 Å². The average Bonchev–Trinajstić information content (AvgIpc) is 3.17. The van der Waals surface area contributed by atoms with Gasteiger partial charge < -0.3 is 21.1 Å². The number of rotatable bonds is 5. The van der Waals surface area contributed by atoms with Gasteiger partial charge in [-0.2, -0.15) is 0 Å². The minimum absolute atomic E-state index is 0.244. The van der Waals surface area contributed by atoms with Crippen LogP contribution in [0.5, 0.6) is 0 Å². The smallest absolute Gasteiger partial charge is 0.335 e. The molecule has 4 aromatic rings. The van der Waals surface area contributed by atoms with Gasteiger partial charge in [0, 0.05) is 5.69 Å². The molecule has 2 aromatic carbocycles. The van der Waals surface area contributed by atoms with Crippen LogP contribution in [0, 0.1) is 5.92 Å². The highest BCUT2D eigenvalue weighted by molar-refractivity contribution is 7.22. The predicted molar refractivity (Wildman–Crippen MR) is 109 cm³/mol. The molecular weight excluding hydrogens is 362 g/mol. The fraction of sp³-hybridized carbons (Fsp3) is 0.211. The zero-order valence-electron chi connectivity index (χ0n) is 14.9. The summed E-state index contributed by atoms with van der Waals surface area (Å²) >= 11 is 1.49. The number of thiazole rings is 1. The molecule has 0 aliphatic heterocycles.